The van der Waals surface area contributed by atoms with E-state index in [0.29, 0.717) is 47.5 Å². The Labute approximate surface area is 200 Å². The number of piperidine rings is 1. The van der Waals surface area contributed by atoms with Gasteiger partial charge in [-0.2, -0.15) is 0 Å². The number of para-hydroxylation sites is 1. The molecule has 8 nitrogen and oxygen atoms in total. The van der Waals surface area contributed by atoms with Crippen molar-refractivity contribution in [2.45, 2.75) is 25.4 Å². The Balaban J connectivity index is 1.34. The number of carbonyl (C=O) groups is 2. The number of halogens is 1. The van der Waals surface area contributed by atoms with Gasteiger partial charge in [-0.15, -0.1) is 11.3 Å². The number of carbonyl (C=O) groups excluding carboxylic acids is 2. The van der Waals surface area contributed by atoms with E-state index in [1.54, 1.807) is 30.7 Å². The zero-order chi connectivity index (χ0) is 23.8. The van der Waals surface area contributed by atoms with Crippen molar-refractivity contribution in [3.05, 3.63) is 64.4 Å². The van der Waals surface area contributed by atoms with E-state index >= 15 is 0 Å². The fraction of sp³-hybridized carbons (Fsp3) is 0.292. The molecule has 176 valence electrons. The lowest BCUT2D eigenvalue weighted by Crippen LogP contribution is -2.40. The van der Waals surface area contributed by atoms with Crippen molar-refractivity contribution in [3.63, 3.8) is 0 Å². The molecule has 0 spiro atoms. The van der Waals surface area contributed by atoms with Crippen molar-refractivity contribution in [1.29, 1.82) is 0 Å². The second-order valence-corrected chi connectivity index (χ2v) is 9.18. The van der Waals surface area contributed by atoms with E-state index < -0.39 is 11.7 Å². The van der Waals surface area contributed by atoms with Gasteiger partial charge in [0, 0.05) is 30.1 Å². The number of rotatable bonds is 5. The molecule has 0 bridgehead atoms. The average Bonchev–Trinajstić information content (AvgIpc) is 3.45. The Hall–Kier alpha value is -3.50. The first-order valence-corrected chi connectivity index (χ1v) is 11.9. The minimum Gasteiger partial charge on any atom is -0.497 e. The van der Waals surface area contributed by atoms with Crippen LogP contribution in [-0.2, 0) is 6.54 Å². The number of anilines is 3. The number of hydrogen-bond donors (Lipinski definition) is 2. The normalized spacial score (nSPS) is 16.0. The summed E-state index contributed by atoms with van der Waals surface area (Å²) in [6.07, 6.45) is 1.52. The zero-order valence-electron chi connectivity index (χ0n) is 18.6. The fourth-order valence-corrected chi connectivity index (χ4v) is 5.10. The maximum absolute atomic E-state index is 14.7. The molecule has 3 heterocycles. The van der Waals surface area contributed by atoms with E-state index in [0.717, 1.165) is 18.4 Å². The summed E-state index contributed by atoms with van der Waals surface area (Å²) < 4.78 is 19.9. The Morgan fingerprint density at radius 1 is 1.26 bits per heavy atom. The highest BCUT2D eigenvalue weighted by atomic mass is 32.1. The predicted molar refractivity (Wildman–Crippen MR) is 129 cm³/mol. The number of nitrogens with one attached hydrogen (secondary N) is 1. The van der Waals surface area contributed by atoms with Crippen LogP contribution in [0.3, 0.4) is 0 Å². The van der Waals surface area contributed by atoms with Gasteiger partial charge in [0.1, 0.15) is 17.3 Å². The van der Waals surface area contributed by atoms with Crippen LogP contribution in [0.1, 0.15) is 39.3 Å². The third-order valence-corrected chi connectivity index (χ3v) is 7.03. The Bertz CT molecular complexity index is 1260. The lowest BCUT2D eigenvalue weighted by molar-refractivity contribution is 0.0991. The molecule has 10 heteroatoms. The number of nitrogens with two attached hydrogens (primary N) is 1. The largest absolute Gasteiger partial charge is 0.497 e. The van der Waals surface area contributed by atoms with Gasteiger partial charge < -0.3 is 20.7 Å². The van der Waals surface area contributed by atoms with Crippen LogP contribution in [0.25, 0.3) is 0 Å². The summed E-state index contributed by atoms with van der Waals surface area (Å²) in [4.78, 5) is 33.7. The van der Waals surface area contributed by atoms with Gasteiger partial charge in [0.2, 0.25) is 0 Å². The van der Waals surface area contributed by atoms with Gasteiger partial charge in [0.05, 0.1) is 25.0 Å². The third-order valence-electron chi connectivity index (χ3n) is 6.17. The minimum absolute atomic E-state index is 0.106. The number of thiazole rings is 1. The van der Waals surface area contributed by atoms with E-state index in [4.69, 9.17) is 10.5 Å². The number of hydrogen-bond acceptors (Lipinski definition) is 7. The summed E-state index contributed by atoms with van der Waals surface area (Å²) in [5.41, 5.74) is 8.32. The van der Waals surface area contributed by atoms with Crippen LogP contribution >= 0.6 is 11.3 Å². The van der Waals surface area contributed by atoms with Gasteiger partial charge >= 0.3 is 0 Å². The van der Waals surface area contributed by atoms with E-state index in [-0.39, 0.29) is 17.6 Å². The first-order valence-electron chi connectivity index (χ1n) is 11.0. The molecule has 0 saturated carbocycles. The van der Waals surface area contributed by atoms with Crippen LogP contribution in [0.5, 0.6) is 5.75 Å². The van der Waals surface area contributed by atoms with Crippen LogP contribution < -0.4 is 25.6 Å². The standard InChI is InChI=1S/C24H24FN5O3S/c1-33-16-6-5-14-12-30(23(32)17(14)11-16)24-28-20(13-34-24)22(31)27-19-4-2-3-18(25)21(19)29-9-7-15(26)8-10-29/h2-6,11,13,15H,7-10,12,26H2,1H3,(H,27,31). The molecule has 1 fully saturated rings. The van der Waals surface area contributed by atoms with Gasteiger partial charge in [-0.05, 0) is 42.7 Å². The first-order chi connectivity index (χ1) is 16.4. The molecule has 3 N–H and O–H groups in total. The summed E-state index contributed by atoms with van der Waals surface area (Å²) >= 11 is 1.21. The van der Waals surface area contributed by atoms with Gasteiger partial charge in [-0.3, -0.25) is 14.5 Å². The zero-order valence-corrected chi connectivity index (χ0v) is 19.4. The summed E-state index contributed by atoms with van der Waals surface area (Å²) in [6, 6.07) is 10.1. The number of ether oxygens (including phenoxy) is 1. The highest BCUT2D eigenvalue weighted by Crippen LogP contribution is 2.34. The third kappa shape index (κ3) is 4.10. The second-order valence-electron chi connectivity index (χ2n) is 8.34. The molecular weight excluding hydrogens is 457 g/mol. The summed E-state index contributed by atoms with van der Waals surface area (Å²) in [7, 11) is 1.55. The van der Waals surface area contributed by atoms with Crippen LogP contribution in [-0.4, -0.2) is 43.0 Å². The summed E-state index contributed by atoms with van der Waals surface area (Å²) in [5, 5.41) is 4.82. The molecule has 2 amide bonds. The van der Waals surface area contributed by atoms with Crippen molar-refractivity contribution >= 4 is 39.7 Å². The smallest absolute Gasteiger partial charge is 0.275 e. The number of benzene rings is 2. The predicted octanol–water partition coefficient (Wildman–Crippen LogP) is 3.63. The molecule has 0 radical (unpaired) electrons. The van der Waals surface area contributed by atoms with Gasteiger partial charge in [-0.1, -0.05) is 12.1 Å². The average molecular weight is 482 g/mol. The van der Waals surface area contributed by atoms with Crippen molar-refractivity contribution in [3.8, 4) is 5.75 Å². The molecular formula is C24H24FN5O3S. The lowest BCUT2D eigenvalue weighted by Gasteiger charge is -2.33. The maximum Gasteiger partial charge on any atom is 0.275 e. The molecule has 3 aromatic rings. The van der Waals surface area contributed by atoms with Crippen molar-refractivity contribution in [2.75, 3.05) is 35.3 Å². The highest BCUT2D eigenvalue weighted by Gasteiger charge is 2.31. The minimum atomic E-state index is -0.464. The van der Waals surface area contributed by atoms with Gasteiger partial charge in [0.25, 0.3) is 11.8 Å². The van der Waals surface area contributed by atoms with Gasteiger partial charge in [-0.25, -0.2) is 9.37 Å². The molecule has 5 rings (SSSR count). The van der Waals surface area contributed by atoms with Crippen molar-refractivity contribution < 1.29 is 18.7 Å². The monoisotopic (exact) mass is 481 g/mol. The van der Waals surface area contributed by atoms with Crippen LogP contribution in [0.2, 0.25) is 0 Å². The van der Waals surface area contributed by atoms with Crippen LogP contribution in [0.4, 0.5) is 20.9 Å². The highest BCUT2D eigenvalue weighted by molar-refractivity contribution is 7.14. The van der Waals surface area contributed by atoms with Crippen molar-refractivity contribution in [2.24, 2.45) is 5.73 Å². The van der Waals surface area contributed by atoms with Crippen LogP contribution in [0.15, 0.2) is 41.8 Å². The quantitative estimate of drug-likeness (QED) is 0.577. The number of methoxy groups -OCH3 is 1. The summed E-state index contributed by atoms with van der Waals surface area (Å²) in [5.74, 6) is -0.447. The Morgan fingerprint density at radius 2 is 2.06 bits per heavy atom. The maximum atomic E-state index is 14.7. The number of amides is 2. The molecule has 0 unspecified atom stereocenters. The van der Waals surface area contributed by atoms with Crippen LogP contribution in [0, 0.1) is 5.82 Å². The molecule has 34 heavy (non-hydrogen) atoms. The van der Waals surface area contributed by atoms with E-state index in [9.17, 15) is 14.0 Å². The molecule has 0 atom stereocenters. The van der Waals surface area contributed by atoms with Crippen molar-refractivity contribution in [1.82, 2.24) is 4.98 Å². The Morgan fingerprint density at radius 3 is 2.82 bits per heavy atom. The second kappa shape index (κ2) is 9.03. The number of fused-ring (bicyclic) bond motifs is 1. The number of aromatic nitrogens is 1. The SMILES string of the molecule is COc1ccc2c(c1)C(=O)N(c1nc(C(=O)Nc3cccc(F)c3N3CCC(N)CC3)cs1)C2. The number of nitrogens with zero attached hydrogens (tertiary/aromatic N) is 3. The van der Waals surface area contributed by atoms with E-state index in [1.807, 2.05) is 17.0 Å². The fourth-order valence-electron chi connectivity index (χ4n) is 4.30. The lowest BCUT2D eigenvalue weighted by atomic mass is 10.0. The molecule has 2 aliphatic heterocycles. The molecule has 2 aromatic carbocycles. The molecule has 1 saturated heterocycles. The van der Waals surface area contributed by atoms with E-state index in [1.165, 1.54) is 22.3 Å². The molecule has 2 aliphatic rings. The summed E-state index contributed by atoms with van der Waals surface area (Å²) in [6.45, 7) is 1.61. The van der Waals surface area contributed by atoms with Gasteiger partial charge in [0.15, 0.2) is 5.13 Å². The molecule has 1 aromatic heterocycles. The first kappa shape index (κ1) is 22.3. The Kier molecular flexibility index (Phi) is 5.93. The molecule has 0 aliphatic carbocycles. The topological polar surface area (TPSA) is 101 Å². The van der Waals surface area contributed by atoms with E-state index in [2.05, 4.69) is 10.3 Å².